The molecule has 7 heteroatoms. The van der Waals surface area contributed by atoms with E-state index in [-0.39, 0.29) is 19.0 Å². The van der Waals surface area contributed by atoms with Gasteiger partial charge in [-0.3, -0.25) is 0 Å². The molecule has 0 saturated heterocycles. The van der Waals surface area contributed by atoms with E-state index in [0.29, 0.717) is 29.6 Å². The van der Waals surface area contributed by atoms with Crippen molar-refractivity contribution < 1.29 is 32.9 Å². The molecule has 190 valence electrons. The van der Waals surface area contributed by atoms with Crippen molar-refractivity contribution in [3.8, 4) is 45.3 Å². The Balaban J connectivity index is 2.03. The first-order valence-electron chi connectivity index (χ1n) is 11.6. The van der Waals surface area contributed by atoms with Gasteiger partial charge in [-0.05, 0) is 74.4 Å². The summed E-state index contributed by atoms with van der Waals surface area (Å²) >= 11 is 0. The maximum Gasteiger partial charge on any atom is 0.344 e. The molecule has 0 N–H and O–H groups in total. The molecule has 0 amide bonds. The van der Waals surface area contributed by atoms with Gasteiger partial charge in [-0.1, -0.05) is 23.8 Å². The van der Waals surface area contributed by atoms with E-state index >= 15 is 0 Å². The summed E-state index contributed by atoms with van der Waals surface area (Å²) in [6.45, 7) is 6.09. The van der Waals surface area contributed by atoms with Crippen molar-refractivity contribution in [1.29, 1.82) is 0 Å². The lowest BCUT2D eigenvalue weighted by Gasteiger charge is -2.17. The smallest absolute Gasteiger partial charge is 0.344 e. The zero-order chi connectivity index (χ0) is 26.1. The largest absolute Gasteiger partial charge is 0.496 e. The van der Waals surface area contributed by atoms with Gasteiger partial charge in [0.25, 0.3) is 0 Å². The maximum absolute atomic E-state index is 13.4. The molecule has 0 fully saturated rings. The van der Waals surface area contributed by atoms with Crippen molar-refractivity contribution in [2.24, 2.45) is 0 Å². The Hall–Kier alpha value is -4.00. The molecule has 0 aliphatic heterocycles. The predicted molar refractivity (Wildman–Crippen MR) is 137 cm³/mol. The highest BCUT2D eigenvalue weighted by Gasteiger charge is 2.17. The van der Waals surface area contributed by atoms with Crippen molar-refractivity contribution in [2.45, 2.75) is 20.8 Å². The van der Waals surface area contributed by atoms with E-state index in [4.69, 9.17) is 23.7 Å². The molecular formula is C29H31FO6. The van der Waals surface area contributed by atoms with Crippen molar-refractivity contribution in [2.75, 3.05) is 34.0 Å². The number of hydrogen-bond donors (Lipinski definition) is 0. The van der Waals surface area contributed by atoms with Gasteiger partial charge in [0.05, 0.1) is 20.8 Å². The Kier molecular flexibility index (Phi) is 9.33. The van der Waals surface area contributed by atoms with Gasteiger partial charge in [0.1, 0.15) is 23.9 Å². The fraction of sp³-hybridized carbons (Fsp3) is 0.276. The number of ether oxygens (including phenoxy) is 5. The number of benzene rings is 3. The standard InChI is InChI=1S/C29H31FO6/c1-6-34-29(31)18-36-28-15-21(9-12-25(28)35-14-13-19(2)3)24-17-26(32-4)23(16-27(24)33-5)20-7-10-22(30)11-8-20/h7-13,15-17H,6,14,18H2,1-5H3. The molecule has 0 aromatic heterocycles. The Morgan fingerprint density at radius 2 is 1.42 bits per heavy atom. The quantitative estimate of drug-likeness (QED) is 0.225. The number of carbonyl (C=O) groups excluding carboxylic acids is 1. The van der Waals surface area contributed by atoms with Crippen LogP contribution in [0.25, 0.3) is 22.3 Å². The topological polar surface area (TPSA) is 63.2 Å². The van der Waals surface area contributed by atoms with Gasteiger partial charge in [-0.25, -0.2) is 9.18 Å². The van der Waals surface area contributed by atoms with E-state index < -0.39 is 5.97 Å². The normalized spacial score (nSPS) is 10.4. The maximum atomic E-state index is 13.4. The van der Waals surface area contributed by atoms with E-state index in [9.17, 15) is 9.18 Å². The fourth-order valence-electron chi connectivity index (χ4n) is 3.52. The van der Waals surface area contributed by atoms with Gasteiger partial charge in [-0.15, -0.1) is 0 Å². The van der Waals surface area contributed by atoms with Gasteiger partial charge in [0.2, 0.25) is 0 Å². The average molecular weight is 495 g/mol. The summed E-state index contributed by atoms with van der Waals surface area (Å²) in [5, 5.41) is 0. The molecule has 3 rings (SSSR count). The van der Waals surface area contributed by atoms with Crippen LogP contribution in [0.4, 0.5) is 4.39 Å². The van der Waals surface area contributed by atoms with Crippen LogP contribution in [0.2, 0.25) is 0 Å². The monoisotopic (exact) mass is 494 g/mol. The third kappa shape index (κ3) is 6.78. The molecule has 0 bridgehead atoms. The molecule has 0 atom stereocenters. The second-order valence-electron chi connectivity index (χ2n) is 8.11. The van der Waals surface area contributed by atoms with E-state index in [1.165, 1.54) is 12.1 Å². The zero-order valence-electron chi connectivity index (χ0n) is 21.2. The van der Waals surface area contributed by atoms with Crippen LogP contribution in [0, 0.1) is 5.82 Å². The van der Waals surface area contributed by atoms with Crippen LogP contribution >= 0.6 is 0 Å². The van der Waals surface area contributed by atoms with Crippen LogP contribution in [0.15, 0.2) is 66.2 Å². The molecule has 0 heterocycles. The van der Waals surface area contributed by atoms with Gasteiger partial charge in [0.15, 0.2) is 18.1 Å². The zero-order valence-corrected chi connectivity index (χ0v) is 21.2. The Labute approximate surface area is 211 Å². The predicted octanol–water partition coefficient (Wildman–Crippen LogP) is 6.46. The van der Waals surface area contributed by atoms with E-state index in [2.05, 4.69) is 0 Å². The summed E-state index contributed by atoms with van der Waals surface area (Å²) in [6.07, 6.45) is 1.95. The molecule has 0 saturated carbocycles. The fourth-order valence-corrected chi connectivity index (χ4v) is 3.52. The number of allylic oxidation sites excluding steroid dienone is 1. The van der Waals surface area contributed by atoms with E-state index in [1.807, 2.05) is 38.1 Å². The molecular weight excluding hydrogens is 463 g/mol. The number of hydrogen-bond acceptors (Lipinski definition) is 6. The number of esters is 1. The average Bonchev–Trinajstić information content (AvgIpc) is 2.87. The lowest BCUT2D eigenvalue weighted by Crippen LogP contribution is -2.15. The minimum atomic E-state index is -0.471. The third-order valence-electron chi connectivity index (χ3n) is 5.31. The Morgan fingerprint density at radius 1 is 0.806 bits per heavy atom. The van der Waals surface area contributed by atoms with Crippen molar-refractivity contribution in [3.05, 3.63) is 72.1 Å². The molecule has 3 aromatic carbocycles. The van der Waals surface area contributed by atoms with Crippen LogP contribution in [0.3, 0.4) is 0 Å². The highest BCUT2D eigenvalue weighted by atomic mass is 19.1. The first-order chi connectivity index (χ1) is 17.4. The molecule has 0 aliphatic carbocycles. The molecule has 0 spiro atoms. The summed E-state index contributed by atoms with van der Waals surface area (Å²) in [5.41, 5.74) is 4.19. The summed E-state index contributed by atoms with van der Waals surface area (Å²) < 4.78 is 41.4. The summed E-state index contributed by atoms with van der Waals surface area (Å²) in [7, 11) is 3.15. The van der Waals surface area contributed by atoms with Crippen LogP contribution in [-0.4, -0.2) is 40.0 Å². The summed E-state index contributed by atoms with van der Waals surface area (Å²) in [5.74, 6) is 1.28. The molecule has 0 aliphatic rings. The van der Waals surface area contributed by atoms with Gasteiger partial charge < -0.3 is 23.7 Å². The van der Waals surface area contributed by atoms with Crippen molar-refractivity contribution in [1.82, 2.24) is 0 Å². The third-order valence-corrected chi connectivity index (χ3v) is 5.31. The summed E-state index contributed by atoms with van der Waals surface area (Å²) in [4.78, 5) is 11.9. The lowest BCUT2D eigenvalue weighted by molar-refractivity contribution is -0.145. The van der Waals surface area contributed by atoms with Crippen LogP contribution in [-0.2, 0) is 9.53 Å². The van der Waals surface area contributed by atoms with Gasteiger partial charge >= 0.3 is 5.97 Å². The number of carbonyl (C=O) groups is 1. The Morgan fingerprint density at radius 3 is 2.00 bits per heavy atom. The molecule has 0 radical (unpaired) electrons. The van der Waals surface area contributed by atoms with Gasteiger partial charge in [0, 0.05) is 11.1 Å². The summed E-state index contributed by atoms with van der Waals surface area (Å²) in [6, 6.07) is 15.3. The Bertz CT molecular complexity index is 1210. The molecule has 36 heavy (non-hydrogen) atoms. The van der Waals surface area contributed by atoms with E-state index in [0.717, 1.165) is 27.8 Å². The SMILES string of the molecule is CCOC(=O)COc1cc(-c2cc(OC)c(-c3ccc(F)cc3)cc2OC)ccc1OCC=C(C)C. The van der Waals surface area contributed by atoms with Crippen LogP contribution in [0.5, 0.6) is 23.0 Å². The lowest BCUT2D eigenvalue weighted by atomic mass is 9.97. The molecule has 6 nitrogen and oxygen atoms in total. The number of methoxy groups -OCH3 is 2. The highest BCUT2D eigenvalue weighted by Crippen LogP contribution is 2.43. The number of halogens is 1. The highest BCUT2D eigenvalue weighted by molar-refractivity contribution is 5.82. The minimum Gasteiger partial charge on any atom is -0.496 e. The van der Waals surface area contributed by atoms with Crippen molar-refractivity contribution >= 4 is 5.97 Å². The molecule has 3 aromatic rings. The van der Waals surface area contributed by atoms with Crippen LogP contribution < -0.4 is 18.9 Å². The van der Waals surface area contributed by atoms with Crippen LogP contribution in [0.1, 0.15) is 20.8 Å². The molecule has 0 unspecified atom stereocenters. The van der Waals surface area contributed by atoms with Gasteiger partial charge in [-0.2, -0.15) is 0 Å². The van der Waals surface area contributed by atoms with Crippen molar-refractivity contribution in [3.63, 3.8) is 0 Å². The minimum absolute atomic E-state index is 0.250. The second kappa shape index (κ2) is 12.6. The van der Waals surface area contributed by atoms with E-state index in [1.54, 1.807) is 45.4 Å². The second-order valence-corrected chi connectivity index (χ2v) is 8.11. The number of rotatable bonds is 11. The first kappa shape index (κ1) is 26.6. The first-order valence-corrected chi connectivity index (χ1v) is 11.6.